The minimum Gasteiger partial charge on any atom is -0.466 e. The lowest BCUT2D eigenvalue weighted by molar-refractivity contribution is -0.139. The number of hydrogen-bond donors (Lipinski definition) is 1. The van der Waals surface area contributed by atoms with Crippen molar-refractivity contribution in [1.82, 2.24) is 15.6 Å². The lowest BCUT2D eigenvalue weighted by atomic mass is 9.80. The van der Waals surface area contributed by atoms with E-state index in [1.54, 1.807) is 32.0 Å². The summed E-state index contributed by atoms with van der Waals surface area (Å²) >= 11 is 0. The molecule has 1 aliphatic rings. The molecule has 1 atom stereocenters. The predicted molar refractivity (Wildman–Crippen MR) is 96.3 cm³/mol. The van der Waals surface area contributed by atoms with Crippen molar-refractivity contribution in [1.29, 1.82) is 5.26 Å². The largest absolute Gasteiger partial charge is 0.466 e. The summed E-state index contributed by atoms with van der Waals surface area (Å²) in [6.07, 6.45) is 0.0671. The summed E-state index contributed by atoms with van der Waals surface area (Å²) < 4.78 is 15.0. The fourth-order valence-corrected chi connectivity index (χ4v) is 3.28. The molecular weight excluding hydrogens is 364 g/mol. The van der Waals surface area contributed by atoms with Crippen molar-refractivity contribution in [3.8, 4) is 6.07 Å². The zero-order chi connectivity index (χ0) is 20.3. The van der Waals surface area contributed by atoms with Gasteiger partial charge in [-0.05, 0) is 35.8 Å². The van der Waals surface area contributed by atoms with Crippen molar-refractivity contribution in [3.05, 3.63) is 46.3 Å². The second kappa shape index (κ2) is 7.92. The van der Waals surface area contributed by atoms with Crippen LogP contribution in [-0.2, 0) is 19.1 Å². The molecule has 2 heterocycles. The molecular formula is C19H18N4O5. The van der Waals surface area contributed by atoms with E-state index in [4.69, 9.17) is 19.4 Å². The number of hydrogen-bond acceptors (Lipinski definition) is 9. The molecule has 144 valence electrons. The summed E-state index contributed by atoms with van der Waals surface area (Å²) in [6, 6.07) is 7.12. The van der Waals surface area contributed by atoms with Crippen LogP contribution in [0.5, 0.6) is 0 Å². The first kappa shape index (κ1) is 19.1. The normalized spacial score (nSPS) is 16.6. The van der Waals surface area contributed by atoms with E-state index in [9.17, 15) is 9.59 Å². The van der Waals surface area contributed by atoms with Crippen molar-refractivity contribution >= 4 is 23.0 Å². The van der Waals surface area contributed by atoms with Gasteiger partial charge in [0.1, 0.15) is 17.6 Å². The Hall–Kier alpha value is -3.67. The van der Waals surface area contributed by atoms with Gasteiger partial charge in [0, 0.05) is 11.4 Å². The molecule has 1 aliphatic heterocycles. The van der Waals surface area contributed by atoms with E-state index in [0.29, 0.717) is 28.0 Å². The molecule has 0 aliphatic carbocycles. The summed E-state index contributed by atoms with van der Waals surface area (Å²) in [5.74, 6) is -2.01. The minimum absolute atomic E-state index is 0.0508. The van der Waals surface area contributed by atoms with Crippen LogP contribution in [0.4, 0.5) is 0 Å². The SMILES string of the molecule is COC(=O)C1=C(C)NC(C)=C(C(=O)OCCC#N)C1c1cccc2nonc12. The van der Waals surface area contributed by atoms with Crippen LogP contribution < -0.4 is 5.32 Å². The van der Waals surface area contributed by atoms with Gasteiger partial charge in [0.2, 0.25) is 0 Å². The van der Waals surface area contributed by atoms with Gasteiger partial charge in [0.05, 0.1) is 36.7 Å². The number of nitrogens with zero attached hydrogens (tertiary/aromatic N) is 3. The highest BCUT2D eigenvalue weighted by molar-refractivity contribution is 6.01. The first-order chi connectivity index (χ1) is 13.5. The van der Waals surface area contributed by atoms with Crippen LogP contribution in [0.3, 0.4) is 0 Å². The topological polar surface area (TPSA) is 127 Å². The number of fused-ring (bicyclic) bond motifs is 1. The molecule has 0 radical (unpaired) electrons. The third kappa shape index (κ3) is 3.32. The molecule has 9 nitrogen and oxygen atoms in total. The summed E-state index contributed by atoms with van der Waals surface area (Å²) in [7, 11) is 1.27. The lowest BCUT2D eigenvalue weighted by Crippen LogP contribution is -2.32. The Labute approximate surface area is 160 Å². The number of allylic oxidation sites excluding steroid dienone is 2. The maximum Gasteiger partial charge on any atom is 0.336 e. The number of carbonyl (C=O) groups excluding carboxylic acids is 2. The zero-order valence-electron chi connectivity index (χ0n) is 15.6. The standard InChI is InChI=1S/C19H18N4O5/c1-10-14(18(24)26-3)16(12-6-4-7-13-17(12)23-28-22-13)15(11(2)21-10)19(25)27-9-5-8-20/h4,6-7,16,21H,5,9H2,1-3H3. The molecule has 3 rings (SSSR count). The second-order valence-corrected chi connectivity index (χ2v) is 6.15. The highest BCUT2D eigenvalue weighted by Crippen LogP contribution is 2.41. The van der Waals surface area contributed by atoms with E-state index in [-0.39, 0.29) is 24.2 Å². The van der Waals surface area contributed by atoms with Crippen LogP contribution in [0, 0.1) is 11.3 Å². The summed E-state index contributed by atoms with van der Waals surface area (Å²) in [5, 5.41) is 19.5. The Balaban J connectivity index is 2.18. The molecule has 9 heteroatoms. The average Bonchev–Trinajstić information content (AvgIpc) is 3.15. The number of methoxy groups -OCH3 is 1. The maximum absolute atomic E-state index is 12.8. The smallest absolute Gasteiger partial charge is 0.336 e. The van der Waals surface area contributed by atoms with Crippen molar-refractivity contribution in [2.75, 3.05) is 13.7 Å². The van der Waals surface area contributed by atoms with E-state index >= 15 is 0 Å². The molecule has 28 heavy (non-hydrogen) atoms. The molecule has 1 aromatic heterocycles. The second-order valence-electron chi connectivity index (χ2n) is 6.15. The van der Waals surface area contributed by atoms with Gasteiger partial charge in [-0.2, -0.15) is 5.26 Å². The van der Waals surface area contributed by atoms with Crippen LogP contribution in [0.2, 0.25) is 0 Å². The molecule has 1 unspecified atom stereocenters. The van der Waals surface area contributed by atoms with Gasteiger partial charge in [0.25, 0.3) is 0 Å². The van der Waals surface area contributed by atoms with E-state index in [0.717, 1.165) is 0 Å². The number of rotatable bonds is 5. The zero-order valence-corrected chi connectivity index (χ0v) is 15.6. The minimum atomic E-state index is -0.793. The lowest BCUT2D eigenvalue weighted by Gasteiger charge is -2.30. The number of benzene rings is 1. The number of ether oxygens (including phenoxy) is 2. The third-order valence-corrected chi connectivity index (χ3v) is 4.46. The van der Waals surface area contributed by atoms with E-state index in [2.05, 4.69) is 15.6 Å². The monoisotopic (exact) mass is 382 g/mol. The average molecular weight is 382 g/mol. The van der Waals surface area contributed by atoms with Gasteiger partial charge in [-0.1, -0.05) is 12.1 Å². The van der Waals surface area contributed by atoms with Gasteiger partial charge in [-0.15, -0.1) is 0 Å². The van der Waals surface area contributed by atoms with E-state index < -0.39 is 17.9 Å². The van der Waals surface area contributed by atoms with E-state index in [1.807, 2.05) is 6.07 Å². The van der Waals surface area contributed by atoms with Crippen LogP contribution in [0.15, 0.2) is 45.4 Å². The number of carbonyl (C=O) groups is 2. The van der Waals surface area contributed by atoms with Gasteiger partial charge in [0.15, 0.2) is 0 Å². The number of aromatic nitrogens is 2. The number of dihydropyridines is 1. The molecule has 2 aromatic rings. The third-order valence-electron chi connectivity index (χ3n) is 4.46. The molecule has 0 amide bonds. The van der Waals surface area contributed by atoms with Crippen molar-refractivity contribution in [2.24, 2.45) is 0 Å². The van der Waals surface area contributed by atoms with Crippen LogP contribution >= 0.6 is 0 Å². The highest BCUT2D eigenvalue weighted by Gasteiger charge is 2.39. The van der Waals surface area contributed by atoms with Gasteiger partial charge in [-0.25, -0.2) is 14.2 Å². The fourth-order valence-electron chi connectivity index (χ4n) is 3.28. The Kier molecular flexibility index (Phi) is 5.40. The summed E-state index contributed by atoms with van der Waals surface area (Å²) in [5.41, 5.74) is 3.07. The molecule has 0 bridgehead atoms. The predicted octanol–water partition coefficient (Wildman–Crippen LogP) is 2.09. The Morgan fingerprint density at radius 3 is 2.61 bits per heavy atom. The molecule has 0 saturated heterocycles. The Morgan fingerprint density at radius 2 is 1.93 bits per heavy atom. The number of esters is 2. The van der Waals surface area contributed by atoms with Crippen molar-refractivity contribution in [3.63, 3.8) is 0 Å². The molecule has 0 saturated carbocycles. The van der Waals surface area contributed by atoms with Gasteiger partial charge >= 0.3 is 11.9 Å². The number of nitrogens with one attached hydrogen (secondary N) is 1. The summed E-state index contributed by atoms with van der Waals surface area (Å²) in [4.78, 5) is 25.4. The van der Waals surface area contributed by atoms with Gasteiger partial charge in [-0.3, -0.25) is 0 Å². The molecule has 0 fully saturated rings. The first-order valence-electron chi connectivity index (χ1n) is 8.51. The molecule has 1 N–H and O–H groups in total. The first-order valence-corrected chi connectivity index (χ1v) is 8.51. The van der Waals surface area contributed by atoms with Crippen LogP contribution in [-0.4, -0.2) is 36.0 Å². The van der Waals surface area contributed by atoms with Crippen LogP contribution in [0.25, 0.3) is 11.0 Å². The highest BCUT2D eigenvalue weighted by atomic mass is 16.6. The fraction of sp³-hybridized carbons (Fsp3) is 0.316. The van der Waals surface area contributed by atoms with E-state index in [1.165, 1.54) is 7.11 Å². The molecule has 0 spiro atoms. The van der Waals surface area contributed by atoms with Gasteiger partial charge < -0.3 is 14.8 Å². The number of nitriles is 1. The molecule has 1 aromatic carbocycles. The quantitative estimate of drug-likeness (QED) is 0.610. The maximum atomic E-state index is 12.8. The Bertz CT molecular complexity index is 1040. The van der Waals surface area contributed by atoms with Crippen LogP contribution in [0.1, 0.15) is 31.7 Å². The summed E-state index contributed by atoms with van der Waals surface area (Å²) in [6.45, 7) is 3.39. The Morgan fingerprint density at radius 1 is 1.21 bits per heavy atom. The van der Waals surface area contributed by atoms with Crippen molar-refractivity contribution < 1.29 is 23.7 Å². The van der Waals surface area contributed by atoms with Crippen molar-refractivity contribution in [2.45, 2.75) is 26.2 Å².